The number of hydrogen-bond donors (Lipinski definition) is 2. The second-order valence-corrected chi connectivity index (χ2v) is 4.30. The van der Waals surface area contributed by atoms with E-state index >= 15 is 0 Å². The zero-order chi connectivity index (χ0) is 12.7. The van der Waals surface area contributed by atoms with Gasteiger partial charge in [0.2, 0.25) is 0 Å². The molecule has 0 rings (SSSR count). The summed E-state index contributed by atoms with van der Waals surface area (Å²) >= 11 is 0. The third-order valence-electron chi connectivity index (χ3n) is 2.73. The van der Waals surface area contributed by atoms with E-state index in [0.29, 0.717) is 12.5 Å². The van der Waals surface area contributed by atoms with Gasteiger partial charge in [-0.25, -0.2) is 0 Å². The van der Waals surface area contributed by atoms with Gasteiger partial charge in [0.15, 0.2) is 5.92 Å². The molecule has 0 aliphatic rings. The van der Waals surface area contributed by atoms with Crippen LogP contribution in [-0.4, -0.2) is 46.7 Å². The average Bonchev–Trinajstić information content (AvgIpc) is 2.15. The Hall–Kier alpha value is -1.10. The van der Waals surface area contributed by atoms with Gasteiger partial charge >= 0.3 is 11.9 Å². The van der Waals surface area contributed by atoms with E-state index in [1.165, 1.54) is 0 Å². The molecule has 5 nitrogen and oxygen atoms in total. The lowest BCUT2D eigenvalue weighted by Gasteiger charge is -2.20. The number of unbranched alkanes of at least 4 members (excludes halogenated alkanes) is 1. The van der Waals surface area contributed by atoms with Crippen molar-refractivity contribution in [1.82, 2.24) is 4.90 Å². The molecule has 0 saturated heterocycles. The second-order valence-electron chi connectivity index (χ2n) is 4.30. The van der Waals surface area contributed by atoms with Gasteiger partial charge in [-0.15, -0.1) is 0 Å². The van der Waals surface area contributed by atoms with Crippen LogP contribution in [0.2, 0.25) is 0 Å². The largest absolute Gasteiger partial charge is 0.481 e. The van der Waals surface area contributed by atoms with Crippen LogP contribution < -0.4 is 0 Å². The van der Waals surface area contributed by atoms with Crippen molar-refractivity contribution in [3.8, 4) is 0 Å². The first kappa shape index (κ1) is 14.9. The lowest BCUT2D eigenvalue weighted by Crippen LogP contribution is -2.28. The highest BCUT2D eigenvalue weighted by atomic mass is 16.4. The third kappa shape index (κ3) is 5.70. The smallest absolute Gasteiger partial charge is 0.317 e. The van der Waals surface area contributed by atoms with E-state index in [1.807, 2.05) is 7.05 Å². The van der Waals surface area contributed by atoms with Gasteiger partial charge in [0.05, 0.1) is 0 Å². The van der Waals surface area contributed by atoms with E-state index < -0.39 is 17.9 Å². The van der Waals surface area contributed by atoms with Gasteiger partial charge in [0, 0.05) is 6.04 Å². The van der Waals surface area contributed by atoms with E-state index in [4.69, 9.17) is 10.2 Å². The zero-order valence-corrected chi connectivity index (χ0v) is 10.1. The molecule has 0 spiro atoms. The summed E-state index contributed by atoms with van der Waals surface area (Å²) in [5.41, 5.74) is 0. The van der Waals surface area contributed by atoms with Crippen LogP contribution in [0.4, 0.5) is 0 Å². The van der Waals surface area contributed by atoms with Gasteiger partial charge in [-0.05, 0) is 40.3 Å². The molecule has 0 unspecified atom stereocenters. The molecular weight excluding hydrogens is 210 g/mol. The van der Waals surface area contributed by atoms with Crippen molar-refractivity contribution >= 4 is 11.9 Å². The molecule has 0 saturated carbocycles. The van der Waals surface area contributed by atoms with Gasteiger partial charge in [-0.1, -0.05) is 6.42 Å². The Morgan fingerprint density at radius 1 is 1.12 bits per heavy atom. The molecule has 0 aromatic heterocycles. The predicted molar refractivity (Wildman–Crippen MR) is 60.4 cm³/mol. The zero-order valence-electron chi connectivity index (χ0n) is 10.1. The van der Waals surface area contributed by atoms with Gasteiger partial charge in [-0.2, -0.15) is 0 Å². The Morgan fingerprint density at radius 3 is 2.00 bits per heavy atom. The summed E-state index contributed by atoms with van der Waals surface area (Å²) in [7, 11) is 2.00. The van der Waals surface area contributed by atoms with Crippen LogP contribution in [0, 0.1) is 5.92 Å². The molecule has 0 amide bonds. The quantitative estimate of drug-likeness (QED) is 0.486. The summed E-state index contributed by atoms with van der Waals surface area (Å²) in [5, 5.41) is 17.3. The van der Waals surface area contributed by atoms with Crippen LogP contribution in [0.3, 0.4) is 0 Å². The molecule has 2 N–H and O–H groups in total. The molecule has 0 fully saturated rings. The molecule has 0 aliphatic heterocycles. The summed E-state index contributed by atoms with van der Waals surface area (Å²) < 4.78 is 0. The first-order valence-electron chi connectivity index (χ1n) is 5.52. The Morgan fingerprint density at radius 2 is 1.62 bits per heavy atom. The maximum absolute atomic E-state index is 10.6. The molecule has 16 heavy (non-hydrogen) atoms. The number of aliphatic carboxylic acids is 2. The van der Waals surface area contributed by atoms with Gasteiger partial charge in [0.1, 0.15) is 0 Å². The van der Waals surface area contributed by atoms with E-state index in [2.05, 4.69) is 18.7 Å². The van der Waals surface area contributed by atoms with Crippen molar-refractivity contribution in [2.75, 3.05) is 13.6 Å². The van der Waals surface area contributed by atoms with Crippen LogP contribution in [0.25, 0.3) is 0 Å². The minimum atomic E-state index is -1.26. The summed E-state index contributed by atoms with van der Waals surface area (Å²) in [5.74, 6) is -3.75. The molecule has 0 bridgehead atoms. The van der Waals surface area contributed by atoms with Gasteiger partial charge < -0.3 is 15.1 Å². The van der Waals surface area contributed by atoms with Crippen molar-refractivity contribution < 1.29 is 19.8 Å². The fourth-order valence-electron chi connectivity index (χ4n) is 1.32. The fourth-order valence-corrected chi connectivity index (χ4v) is 1.32. The first-order valence-corrected chi connectivity index (χ1v) is 5.52. The van der Waals surface area contributed by atoms with Crippen LogP contribution in [0.15, 0.2) is 0 Å². The molecule has 0 radical (unpaired) electrons. The topological polar surface area (TPSA) is 77.8 Å². The Balaban J connectivity index is 3.80. The third-order valence-corrected chi connectivity index (χ3v) is 2.73. The molecule has 0 atom stereocenters. The van der Waals surface area contributed by atoms with E-state index in [9.17, 15) is 9.59 Å². The lowest BCUT2D eigenvalue weighted by molar-refractivity contribution is -0.154. The van der Waals surface area contributed by atoms with Gasteiger partial charge in [-0.3, -0.25) is 9.59 Å². The van der Waals surface area contributed by atoms with Crippen molar-refractivity contribution in [3.05, 3.63) is 0 Å². The molecule has 94 valence electrons. The second kappa shape index (κ2) is 7.22. The predicted octanol–water partition coefficient (Wildman–Crippen LogP) is 1.28. The van der Waals surface area contributed by atoms with Crippen molar-refractivity contribution in [2.45, 2.75) is 39.2 Å². The monoisotopic (exact) mass is 231 g/mol. The maximum atomic E-state index is 10.6. The Labute approximate surface area is 96.1 Å². The van der Waals surface area contributed by atoms with Crippen molar-refractivity contribution in [2.24, 2.45) is 5.92 Å². The van der Waals surface area contributed by atoms with Crippen LogP contribution in [-0.2, 0) is 9.59 Å². The average molecular weight is 231 g/mol. The van der Waals surface area contributed by atoms with E-state index in [1.54, 1.807) is 0 Å². The van der Waals surface area contributed by atoms with Crippen molar-refractivity contribution in [1.29, 1.82) is 0 Å². The molecule has 0 aliphatic carbocycles. The standard InChI is InChI=1S/C11H21NO4/c1-8(2)12(3)7-5-4-6-9(10(13)14)11(15)16/h8-9H,4-7H2,1-3H3,(H,13,14)(H,15,16). The highest BCUT2D eigenvalue weighted by molar-refractivity contribution is 5.92. The highest BCUT2D eigenvalue weighted by Crippen LogP contribution is 2.10. The maximum Gasteiger partial charge on any atom is 0.317 e. The molecule has 0 aromatic carbocycles. The van der Waals surface area contributed by atoms with Crippen LogP contribution in [0.1, 0.15) is 33.1 Å². The highest BCUT2D eigenvalue weighted by Gasteiger charge is 2.24. The lowest BCUT2D eigenvalue weighted by atomic mass is 10.0. The summed E-state index contributed by atoms with van der Waals surface area (Å²) in [6.07, 6.45) is 1.66. The van der Waals surface area contributed by atoms with Crippen LogP contribution in [0.5, 0.6) is 0 Å². The minimum Gasteiger partial charge on any atom is -0.481 e. The normalized spacial score (nSPS) is 11.4. The van der Waals surface area contributed by atoms with Crippen LogP contribution >= 0.6 is 0 Å². The number of rotatable bonds is 8. The number of hydrogen-bond acceptors (Lipinski definition) is 3. The van der Waals surface area contributed by atoms with E-state index in [0.717, 1.165) is 13.0 Å². The molecule has 0 heterocycles. The molecular formula is C11H21NO4. The molecule has 5 heteroatoms. The summed E-state index contributed by atoms with van der Waals surface area (Å²) in [6.45, 7) is 5.03. The number of carbonyl (C=O) groups is 2. The summed E-state index contributed by atoms with van der Waals surface area (Å²) in [6, 6.07) is 0.453. The summed E-state index contributed by atoms with van der Waals surface area (Å²) in [4.78, 5) is 23.3. The number of nitrogens with zero attached hydrogens (tertiary/aromatic N) is 1. The Kier molecular flexibility index (Phi) is 6.72. The number of carboxylic acids is 2. The fraction of sp³-hybridized carbons (Fsp3) is 0.818. The number of carboxylic acid groups (broad SMARTS) is 2. The molecule has 0 aromatic rings. The Bertz CT molecular complexity index is 226. The minimum absolute atomic E-state index is 0.205. The first-order chi connectivity index (χ1) is 7.36. The van der Waals surface area contributed by atoms with Gasteiger partial charge in [0.25, 0.3) is 0 Å². The van der Waals surface area contributed by atoms with E-state index in [-0.39, 0.29) is 6.42 Å². The van der Waals surface area contributed by atoms with Crippen molar-refractivity contribution in [3.63, 3.8) is 0 Å². The SMILES string of the molecule is CC(C)N(C)CCCCC(C(=O)O)C(=O)O.